The minimum Gasteiger partial charge on any atom is -0.316 e. The predicted molar refractivity (Wildman–Crippen MR) is 57.7 cm³/mol. The van der Waals surface area contributed by atoms with E-state index in [1.54, 1.807) is 16.9 Å². The van der Waals surface area contributed by atoms with Crippen LogP contribution in [0.25, 0.3) is 0 Å². The zero-order valence-electron chi connectivity index (χ0n) is 9.29. The Morgan fingerprint density at radius 2 is 2.53 bits per heavy atom. The van der Waals surface area contributed by atoms with Crippen molar-refractivity contribution in [1.29, 1.82) is 0 Å². The first-order valence-electron chi connectivity index (χ1n) is 5.43. The molecular formula is C11H17N3O. The van der Waals surface area contributed by atoms with Gasteiger partial charge in [0.2, 0.25) is 0 Å². The Kier molecular flexibility index (Phi) is 2.61. The lowest BCUT2D eigenvalue weighted by molar-refractivity contribution is 0.0800. The highest BCUT2D eigenvalue weighted by atomic mass is 16.1. The summed E-state index contributed by atoms with van der Waals surface area (Å²) in [5, 5.41) is 7.33. The summed E-state index contributed by atoms with van der Waals surface area (Å²) in [6, 6.07) is 1.80. The minimum absolute atomic E-state index is 0.201. The quantitative estimate of drug-likeness (QED) is 0.752. The van der Waals surface area contributed by atoms with Gasteiger partial charge in [-0.2, -0.15) is 5.10 Å². The van der Waals surface area contributed by atoms with Crippen molar-refractivity contribution >= 4 is 5.78 Å². The maximum Gasteiger partial charge on any atom is 0.188 e. The Morgan fingerprint density at radius 3 is 3.00 bits per heavy atom. The van der Waals surface area contributed by atoms with E-state index >= 15 is 0 Å². The van der Waals surface area contributed by atoms with Gasteiger partial charge in [0.15, 0.2) is 5.78 Å². The first-order valence-corrected chi connectivity index (χ1v) is 5.43. The molecule has 0 saturated carbocycles. The summed E-state index contributed by atoms with van der Waals surface area (Å²) in [4.78, 5) is 12.4. The second kappa shape index (κ2) is 3.77. The maximum atomic E-state index is 12.4. The molecule has 0 amide bonds. The van der Waals surface area contributed by atoms with E-state index in [0.717, 1.165) is 31.6 Å². The number of nitrogens with zero attached hydrogens (tertiary/aromatic N) is 2. The first-order chi connectivity index (χ1) is 7.19. The number of Topliss-reactive ketones (excluding diaryl/α,β-unsaturated/α-hetero) is 1. The second-order valence-electron chi connectivity index (χ2n) is 4.23. The molecule has 0 aromatic carbocycles. The molecule has 1 aromatic heterocycles. The summed E-state index contributed by atoms with van der Waals surface area (Å²) in [6.45, 7) is 3.83. The number of carbonyl (C=O) groups is 1. The van der Waals surface area contributed by atoms with Gasteiger partial charge in [0, 0.05) is 25.2 Å². The van der Waals surface area contributed by atoms with Crippen LogP contribution in [0.15, 0.2) is 12.3 Å². The molecule has 1 N–H and O–H groups in total. The molecule has 82 valence electrons. The van der Waals surface area contributed by atoms with E-state index in [1.807, 2.05) is 7.05 Å². The van der Waals surface area contributed by atoms with E-state index < -0.39 is 0 Å². The molecule has 0 aliphatic carbocycles. The Labute approximate surface area is 89.7 Å². The third kappa shape index (κ3) is 1.59. The molecule has 1 saturated heterocycles. The average molecular weight is 207 g/mol. The lowest BCUT2D eigenvalue weighted by atomic mass is 9.79. The van der Waals surface area contributed by atoms with Gasteiger partial charge in [0.25, 0.3) is 0 Å². The Bertz CT molecular complexity index is 364. The van der Waals surface area contributed by atoms with E-state index in [-0.39, 0.29) is 11.2 Å². The highest BCUT2D eigenvalue weighted by Gasteiger charge is 2.40. The van der Waals surface area contributed by atoms with Crippen LogP contribution in [-0.2, 0) is 7.05 Å². The number of hydrogen-bond donors (Lipinski definition) is 1. The summed E-state index contributed by atoms with van der Waals surface area (Å²) in [5.74, 6) is 0.231. The first kappa shape index (κ1) is 10.4. The van der Waals surface area contributed by atoms with Crippen LogP contribution in [0.4, 0.5) is 0 Å². The van der Waals surface area contributed by atoms with E-state index in [0.29, 0.717) is 0 Å². The monoisotopic (exact) mass is 207 g/mol. The molecule has 1 aromatic rings. The van der Waals surface area contributed by atoms with Crippen molar-refractivity contribution in [3.8, 4) is 0 Å². The van der Waals surface area contributed by atoms with E-state index in [2.05, 4.69) is 17.3 Å². The third-order valence-corrected chi connectivity index (χ3v) is 3.46. The molecule has 1 aliphatic rings. The zero-order valence-corrected chi connectivity index (χ0v) is 9.29. The Morgan fingerprint density at radius 1 is 1.73 bits per heavy atom. The normalized spacial score (nSPS) is 25.7. The molecule has 4 heteroatoms. The number of carbonyl (C=O) groups excluding carboxylic acids is 1. The van der Waals surface area contributed by atoms with Crippen molar-refractivity contribution in [3.05, 3.63) is 18.0 Å². The van der Waals surface area contributed by atoms with Crippen molar-refractivity contribution in [2.45, 2.75) is 19.8 Å². The second-order valence-corrected chi connectivity index (χ2v) is 4.23. The largest absolute Gasteiger partial charge is 0.316 e. The Balaban J connectivity index is 2.30. The molecule has 2 rings (SSSR count). The zero-order chi connectivity index (χ0) is 10.9. The fourth-order valence-corrected chi connectivity index (χ4v) is 2.27. The topological polar surface area (TPSA) is 46.9 Å². The van der Waals surface area contributed by atoms with Crippen LogP contribution in [-0.4, -0.2) is 28.7 Å². The van der Waals surface area contributed by atoms with E-state index in [1.165, 1.54) is 0 Å². The van der Waals surface area contributed by atoms with Crippen molar-refractivity contribution in [2.75, 3.05) is 13.1 Å². The van der Waals surface area contributed by atoms with E-state index in [4.69, 9.17) is 0 Å². The molecule has 2 heterocycles. The number of ketones is 1. The summed E-state index contributed by atoms with van der Waals surface area (Å²) in [5.41, 5.74) is 0.522. The summed E-state index contributed by atoms with van der Waals surface area (Å²) in [6.07, 6.45) is 3.51. The van der Waals surface area contributed by atoms with Gasteiger partial charge in [-0.15, -0.1) is 0 Å². The molecule has 1 fully saturated rings. The fourth-order valence-electron chi connectivity index (χ4n) is 2.27. The van der Waals surface area contributed by atoms with Crippen LogP contribution in [0.1, 0.15) is 30.3 Å². The lowest BCUT2D eigenvalue weighted by Gasteiger charge is -2.24. The SMILES string of the molecule is CCC1(C(=O)c2ccnn2C)CCNC1. The molecule has 0 spiro atoms. The third-order valence-electron chi connectivity index (χ3n) is 3.46. The van der Waals surface area contributed by atoms with Crippen LogP contribution < -0.4 is 5.32 Å². The number of nitrogens with one attached hydrogen (secondary N) is 1. The smallest absolute Gasteiger partial charge is 0.188 e. The number of aromatic nitrogens is 2. The molecule has 0 radical (unpaired) electrons. The standard InChI is InChI=1S/C11H17N3O/c1-3-11(5-7-12-8-11)10(15)9-4-6-13-14(9)2/h4,6,12H,3,5,7-8H2,1-2H3. The van der Waals surface area contributed by atoms with Crippen LogP contribution in [0.3, 0.4) is 0 Å². The molecular weight excluding hydrogens is 190 g/mol. The van der Waals surface area contributed by atoms with Gasteiger partial charge >= 0.3 is 0 Å². The highest BCUT2D eigenvalue weighted by molar-refractivity contribution is 5.99. The number of hydrogen-bond acceptors (Lipinski definition) is 3. The van der Waals surface area contributed by atoms with Crippen LogP contribution in [0.2, 0.25) is 0 Å². The summed E-state index contributed by atoms with van der Waals surface area (Å²) >= 11 is 0. The Hall–Kier alpha value is -1.16. The number of aryl methyl sites for hydroxylation is 1. The van der Waals surface area contributed by atoms with Gasteiger partial charge in [-0.3, -0.25) is 9.48 Å². The highest BCUT2D eigenvalue weighted by Crippen LogP contribution is 2.33. The fraction of sp³-hybridized carbons (Fsp3) is 0.636. The van der Waals surface area contributed by atoms with Gasteiger partial charge < -0.3 is 5.32 Å². The van der Waals surface area contributed by atoms with Gasteiger partial charge in [0.1, 0.15) is 5.69 Å². The molecule has 4 nitrogen and oxygen atoms in total. The molecule has 15 heavy (non-hydrogen) atoms. The van der Waals surface area contributed by atoms with Gasteiger partial charge in [-0.1, -0.05) is 6.92 Å². The van der Waals surface area contributed by atoms with Crippen LogP contribution >= 0.6 is 0 Å². The van der Waals surface area contributed by atoms with Crippen molar-refractivity contribution in [3.63, 3.8) is 0 Å². The molecule has 1 atom stereocenters. The van der Waals surface area contributed by atoms with Crippen molar-refractivity contribution in [1.82, 2.24) is 15.1 Å². The van der Waals surface area contributed by atoms with Crippen molar-refractivity contribution < 1.29 is 4.79 Å². The molecule has 0 bridgehead atoms. The van der Waals surface area contributed by atoms with Gasteiger partial charge in [-0.05, 0) is 25.5 Å². The molecule has 1 aliphatic heterocycles. The number of rotatable bonds is 3. The van der Waals surface area contributed by atoms with Crippen LogP contribution in [0.5, 0.6) is 0 Å². The van der Waals surface area contributed by atoms with Gasteiger partial charge in [-0.25, -0.2) is 0 Å². The average Bonchev–Trinajstić information content (AvgIpc) is 2.86. The van der Waals surface area contributed by atoms with Gasteiger partial charge in [0.05, 0.1) is 0 Å². The summed E-state index contributed by atoms with van der Waals surface area (Å²) < 4.78 is 1.66. The minimum atomic E-state index is -0.201. The predicted octanol–water partition coefficient (Wildman–Crippen LogP) is 0.992. The maximum absolute atomic E-state index is 12.4. The lowest BCUT2D eigenvalue weighted by Crippen LogP contribution is -2.34. The molecule has 1 unspecified atom stereocenters. The van der Waals surface area contributed by atoms with Crippen molar-refractivity contribution in [2.24, 2.45) is 12.5 Å². The summed E-state index contributed by atoms with van der Waals surface area (Å²) in [7, 11) is 1.82. The van der Waals surface area contributed by atoms with E-state index in [9.17, 15) is 4.79 Å². The van der Waals surface area contributed by atoms with Crippen LogP contribution in [0, 0.1) is 5.41 Å².